The molecular formula is C21H24N2O3. The van der Waals surface area contributed by atoms with Gasteiger partial charge in [0, 0.05) is 36.5 Å². The zero-order chi connectivity index (χ0) is 17.6. The van der Waals surface area contributed by atoms with Crippen LogP contribution in [0.2, 0.25) is 0 Å². The number of aliphatic hydroxyl groups is 1. The van der Waals surface area contributed by atoms with E-state index in [2.05, 4.69) is 29.2 Å². The summed E-state index contributed by atoms with van der Waals surface area (Å²) in [6.07, 6.45) is 3.47. The van der Waals surface area contributed by atoms with Gasteiger partial charge < -0.3 is 14.7 Å². The number of anilines is 1. The van der Waals surface area contributed by atoms with Crippen LogP contribution in [-0.2, 0) is 14.9 Å². The number of piperidine rings is 1. The summed E-state index contributed by atoms with van der Waals surface area (Å²) in [6.45, 7) is 4.18. The molecule has 1 aromatic rings. The number of amides is 1. The second kappa shape index (κ2) is 4.97. The Hall–Kier alpha value is -1.69. The van der Waals surface area contributed by atoms with Crippen LogP contribution in [0.15, 0.2) is 35.9 Å². The number of para-hydroxylation sites is 1. The summed E-state index contributed by atoms with van der Waals surface area (Å²) in [5, 5.41) is 11.0. The lowest BCUT2D eigenvalue weighted by Gasteiger charge is -2.56. The van der Waals surface area contributed by atoms with Crippen LogP contribution in [0.4, 0.5) is 5.69 Å². The fraction of sp³-hybridized carbons (Fsp3) is 0.571. The van der Waals surface area contributed by atoms with Crippen LogP contribution in [0.25, 0.3) is 0 Å². The Morgan fingerprint density at radius 2 is 2.19 bits per heavy atom. The summed E-state index contributed by atoms with van der Waals surface area (Å²) in [5.41, 5.74) is 3.66. The molecular weight excluding hydrogens is 328 g/mol. The second-order valence-corrected chi connectivity index (χ2v) is 8.55. The van der Waals surface area contributed by atoms with Crippen LogP contribution >= 0.6 is 0 Å². The molecule has 0 unspecified atom stereocenters. The number of carbonyl (C=O) groups excluding carboxylic acids is 1. The van der Waals surface area contributed by atoms with E-state index in [-0.39, 0.29) is 23.3 Å². The average Bonchev–Trinajstić information content (AvgIpc) is 3.10. The molecule has 1 N–H and O–H groups in total. The monoisotopic (exact) mass is 352 g/mol. The molecule has 6 rings (SSSR count). The van der Waals surface area contributed by atoms with Crippen LogP contribution in [0, 0.1) is 11.8 Å². The zero-order valence-electron chi connectivity index (χ0n) is 15.0. The minimum Gasteiger partial charge on any atom is -0.368 e. The number of nitrogens with zero attached hydrogens (tertiary/aromatic N) is 2. The maximum Gasteiger partial charge on any atom is 0.224 e. The quantitative estimate of drug-likeness (QED) is 0.722. The van der Waals surface area contributed by atoms with Crippen molar-refractivity contribution in [1.82, 2.24) is 4.90 Å². The predicted molar refractivity (Wildman–Crippen MR) is 96.7 cm³/mol. The summed E-state index contributed by atoms with van der Waals surface area (Å²) in [6, 6.07) is 8.83. The van der Waals surface area contributed by atoms with Gasteiger partial charge in [0.25, 0.3) is 0 Å². The highest BCUT2D eigenvalue weighted by molar-refractivity contribution is 5.96. The molecule has 136 valence electrons. The summed E-state index contributed by atoms with van der Waals surface area (Å²) < 4.78 is 5.78. The number of carbonyl (C=O) groups is 1. The lowest BCUT2D eigenvalue weighted by atomic mass is 9.55. The maximum absolute atomic E-state index is 12.8. The van der Waals surface area contributed by atoms with E-state index in [0.29, 0.717) is 18.6 Å². The Kier molecular flexibility index (Phi) is 2.94. The van der Waals surface area contributed by atoms with Gasteiger partial charge in [-0.1, -0.05) is 29.8 Å². The van der Waals surface area contributed by atoms with Gasteiger partial charge in [0.1, 0.15) is 0 Å². The van der Waals surface area contributed by atoms with Crippen LogP contribution in [-0.4, -0.2) is 54.0 Å². The molecule has 2 bridgehead atoms. The van der Waals surface area contributed by atoms with E-state index in [1.165, 1.54) is 11.1 Å². The third-order valence-corrected chi connectivity index (χ3v) is 7.77. The molecule has 26 heavy (non-hydrogen) atoms. The van der Waals surface area contributed by atoms with Gasteiger partial charge in [-0.25, -0.2) is 0 Å². The first-order chi connectivity index (χ1) is 12.6. The third-order valence-electron chi connectivity index (χ3n) is 7.77. The van der Waals surface area contributed by atoms with Crippen molar-refractivity contribution in [1.29, 1.82) is 0 Å². The highest BCUT2D eigenvalue weighted by atomic mass is 16.6. The van der Waals surface area contributed by atoms with E-state index in [0.717, 1.165) is 31.6 Å². The van der Waals surface area contributed by atoms with Crippen molar-refractivity contribution < 1.29 is 14.6 Å². The highest BCUT2D eigenvalue weighted by Gasteiger charge is 2.69. The SMILES string of the molecule is CC(=O)N1c2ccccc2[C@@]23CCN4CC5=CCO[C@H](O)[C@@H]([C@H]12)[C@H]5C[C@H]43. The van der Waals surface area contributed by atoms with Crippen molar-refractivity contribution in [3.63, 3.8) is 0 Å². The molecule has 0 radical (unpaired) electrons. The molecule has 4 heterocycles. The molecule has 1 amide bonds. The van der Waals surface area contributed by atoms with E-state index in [1.807, 2.05) is 11.0 Å². The largest absolute Gasteiger partial charge is 0.368 e. The third kappa shape index (κ3) is 1.61. The Morgan fingerprint density at radius 1 is 1.35 bits per heavy atom. The molecule has 1 spiro atoms. The Bertz CT molecular complexity index is 836. The van der Waals surface area contributed by atoms with Gasteiger partial charge in [0.15, 0.2) is 6.29 Å². The van der Waals surface area contributed by atoms with Gasteiger partial charge >= 0.3 is 0 Å². The van der Waals surface area contributed by atoms with E-state index in [9.17, 15) is 9.90 Å². The molecule has 5 nitrogen and oxygen atoms in total. The number of hydrogen-bond donors (Lipinski definition) is 1. The lowest BCUT2D eigenvalue weighted by molar-refractivity contribution is -0.156. The van der Waals surface area contributed by atoms with Crippen LogP contribution < -0.4 is 4.90 Å². The van der Waals surface area contributed by atoms with Gasteiger partial charge in [-0.05, 0) is 36.9 Å². The zero-order valence-corrected chi connectivity index (χ0v) is 15.0. The molecule has 1 aromatic carbocycles. The normalized spacial score (nSPS) is 42.8. The van der Waals surface area contributed by atoms with Gasteiger partial charge in [-0.15, -0.1) is 0 Å². The lowest BCUT2D eigenvalue weighted by Crippen LogP contribution is -2.66. The highest BCUT2D eigenvalue weighted by Crippen LogP contribution is 2.64. The summed E-state index contributed by atoms with van der Waals surface area (Å²) in [7, 11) is 0. The molecule has 5 heteroatoms. The van der Waals surface area contributed by atoms with Crippen molar-refractivity contribution in [2.75, 3.05) is 24.6 Å². The summed E-state index contributed by atoms with van der Waals surface area (Å²) in [4.78, 5) is 17.4. The van der Waals surface area contributed by atoms with E-state index >= 15 is 0 Å². The topological polar surface area (TPSA) is 53.0 Å². The Balaban J connectivity index is 1.64. The smallest absolute Gasteiger partial charge is 0.224 e. The summed E-state index contributed by atoms with van der Waals surface area (Å²) in [5.74, 6) is 0.317. The maximum atomic E-state index is 12.8. The number of aliphatic hydroxyl groups excluding tert-OH is 1. The van der Waals surface area contributed by atoms with Crippen LogP contribution in [0.5, 0.6) is 0 Å². The predicted octanol–water partition coefficient (Wildman–Crippen LogP) is 1.66. The number of rotatable bonds is 0. The fourth-order valence-corrected chi connectivity index (χ4v) is 6.99. The minimum atomic E-state index is -0.820. The first kappa shape index (κ1) is 15.4. The fourth-order valence-electron chi connectivity index (χ4n) is 6.99. The first-order valence-electron chi connectivity index (χ1n) is 9.75. The number of benzene rings is 1. The van der Waals surface area contributed by atoms with Gasteiger partial charge in [0.2, 0.25) is 5.91 Å². The number of ether oxygens (including phenoxy) is 1. The number of hydrogen-bond acceptors (Lipinski definition) is 4. The standard InChI is InChI=1S/C21H24N2O3/c1-12(24)23-16-5-3-2-4-15(16)21-7-8-22-11-13-6-9-26-20(25)18(19(21)23)14(13)10-17(21)22/h2-6,14,17-20,25H,7-11H2,1H3/t14-,17-,18+,19-,20-,21+/m0/s1. The molecule has 1 saturated carbocycles. The van der Waals surface area contributed by atoms with Crippen molar-refractivity contribution in [2.24, 2.45) is 11.8 Å². The van der Waals surface area contributed by atoms with Gasteiger partial charge in [0.05, 0.1) is 12.6 Å². The molecule has 5 aliphatic rings. The number of fused-ring (bicyclic) bond motifs is 2. The van der Waals surface area contributed by atoms with E-state index in [4.69, 9.17) is 4.74 Å². The molecule has 6 atom stereocenters. The molecule has 1 aliphatic carbocycles. The average molecular weight is 352 g/mol. The van der Waals surface area contributed by atoms with Crippen LogP contribution in [0.3, 0.4) is 0 Å². The first-order valence-corrected chi connectivity index (χ1v) is 9.75. The van der Waals surface area contributed by atoms with Crippen molar-refractivity contribution in [2.45, 2.75) is 43.6 Å². The van der Waals surface area contributed by atoms with Crippen molar-refractivity contribution >= 4 is 11.6 Å². The van der Waals surface area contributed by atoms with Gasteiger partial charge in [-0.3, -0.25) is 9.69 Å². The van der Waals surface area contributed by atoms with Crippen LogP contribution in [0.1, 0.15) is 25.3 Å². The second-order valence-electron chi connectivity index (χ2n) is 8.55. The van der Waals surface area contributed by atoms with E-state index in [1.54, 1.807) is 6.92 Å². The van der Waals surface area contributed by atoms with E-state index < -0.39 is 6.29 Å². The summed E-state index contributed by atoms with van der Waals surface area (Å²) >= 11 is 0. The molecule has 2 saturated heterocycles. The molecule has 3 fully saturated rings. The van der Waals surface area contributed by atoms with Crippen molar-refractivity contribution in [3.05, 3.63) is 41.5 Å². The van der Waals surface area contributed by atoms with Crippen molar-refractivity contribution in [3.8, 4) is 0 Å². The molecule has 4 aliphatic heterocycles. The minimum absolute atomic E-state index is 0.0250. The molecule has 0 aromatic heterocycles. The Morgan fingerprint density at radius 3 is 3.04 bits per heavy atom. The van der Waals surface area contributed by atoms with Gasteiger partial charge in [-0.2, -0.15) is 0 Å². The Labute approximate surface area is 153 Å².